The molecule has 2 aliphatic heterocycles. The third-order valence-corrected chi connectivity index (χ3v) is 5.25. The van der Waals surface area contributed by atoms with Gasteiger partial charge >= 0.3 is 0 Å². The van der Waals surface area contributed by atoms with Gasteiger partial charge in [0.15, 0.2) is 5.82 Å². The Morgan fingerprint density at radius 1 is 1.19 bits per heavy atom. The predicted octanol–water partition coefficient (Wildman–Crippen LogP) is 1.83. The van der Waals surface area contributed by atoms with Crippen molar-refractivity contribution in [3.8, 4) is 5.75 Å². The minimum atomic E-state index is 0.606. The number of morpholine rings is 1. The van der Waals surface area contributed by atoms with Crippen LogP contribution in [0.25, 0.3) is 0 Å². The van der Waals surface area contributed by atoms with Crippen molar-refractivity contribution < 1.29 is 14.4 Å². The van der Waals surface area contributed by atoms with E-state index >= 15 is 0 Å². The monoisotopic (exact) mass is 429 g/mol. The molecule has 2 aromatic rings. The van der Waals surface area contributed by atoms with E-state index in [1.54, 1.807) is 6.20 Å². The summed E-state index contributed by atoms with van der Waals surface area (Å²) < 4.78 is 11.4. The quantitative estimate of drug-likeness (QED) is 0.680. The number of anilines is 4. The van der Waals surface area contributed by atoms with E-state index in [4.69, 9.17) is 14.4 Å². The highest BCUT2D eigenvalue weighted by Gasteiger charge is 2.19. The number of ether oxygens (including phenoxy) is 2. The van der Waals surface area contributed by atoms with Crippen LogP contribution >= 0.6 is 0 Å². The zero-order chi connectivity index (χ0) is 21.5. The number of benzene rings is 1. The van der Waals surface area contributed by atoms with Gasteiger partial charge in [-0.25, -0.2) is 15.5 Å². The molecule has 31 heavy (non-hydrogen) atoms. The molecule has 1 fully saturated rings. The fourth-order valence-electron chi connectivity index (χ4n) is 3.50. The number of fused-ring (bicyclic) bond motifs is 1. The minimum Gasteiger partial charge on any atom is -0.492 e. The van der Waals surface area contributed by atoms with Crippen molar-refractivity contribution in [2.45, 2.75) is 6.92 Å². The summed E-state index contributed by atoms with van der Waals surface area (Å²) in [5.74, 6) is 2.23. The van der Waals surface area contributed by atoms with Crippen molar-refractivity contribution in [2.24, 2.45) is 0 Å². The smallest absolute Gasteiger partial charge is 0.224 e. The van der Waals surface area contributed by atoms with Crippen LogP contribution in [0.3, 0.4) is 0 Å². The molecule has 0 bridgehead atoms. The number of hydrogen-bond donors (Lipinski definition) is 2. The van der Waals surface area contributed by atoms with Crippen LogP contribution in [0.5, 0.6) is 5.75 Å². The highest BCUT2D eigenvalue weighted by molar-refractivity contribution is 5.65. The van der Waals surface area contributed by atoms with Crippen LogP contribution in [0.2, 0.25) is 0 Å². The second-order valence-electron chi connectivity index (χ2n) is 7.48. The molecule has 0 radical (unpaired) electrons. The number of hydroxylamine groups is 1. The first-order valence-electron chi connectivity index (χ1n) is 10.8. The molecule has 0 spiro atoms. The second-order valence-corrected chi connectivity index (χ2v) is 7.48. The molecule has 0 amide bonds. The lowest BCUT2D eigenvalue weighted by Crippen LogP contribution is -2.38. The van der Waals surface area contributed by atoms with Gasteiger partial charge in [0.25, 0.3) is 0 Å². The number of likely N-dealkylation sites (N-methyl/N-ethyl adjacent to an activating group) is 1. The molecule has 10 heteroatoms. The molecule has 1 aromatic carbocycles. The second kappa shape index (κ2) is 10.5. The molecular weight excluding hydrogens is 398 g/mol. The molecule has 2 N–H and O–H groups in total. The van der Waals surface area contributed by atoms with Crippen molar-refractivity contribution >= 4 is 23.1 Å². The predicted molar refractivity (Wildman–Crippen MR) is 121 cm³/mol. The molecule has 1 aromatic heterocycles. The van der Waals surface area contributed by atoms with Gasteiger partial charge in [-0.3, -0.25) is 4.90 Å². The maximum Gasteiger partial charge on any atom is 0.224 e. The van der Waals surface area contributed by atoms with Gasteiger partial charge in [0.2, 0.25) is 5.95 Å². The summed E-state index contributed by atoms with van der Waals surface area (Å²) in [4.78, 5) is 19.2. The zero-order valence-electron chi connectivity index (χ0n) is 18.2. The summed E-state index contributed by atoms with van der Waals surface area (Å²) >= 11 is 0. The van der Waals surface area contributed by atoms with Crippen LogP contribution in [0.1, 0.15) is 6.92 Å². The van der Waals surface area contributed by atoms with Gasteiger partial charge in [0.05, 0.1) is 31.6 Å². The van der Waals surface area contributed by atoms with Crippen LogP contribution in [0, 0.1) is 0 Å². The van der Waals surface area contributed by atoms with E-state index in [9.17, 15) is 0 Å². The van der Waals surface area contributed by atoms with Crippen LogP contribution in [0.15, 0.2) is 30.5 Å². The van der Waals surface area contributed by atoms with Gasteiger partial charge in [0.1, 0.15) is 18.0 Å². The van der Waals surface area contributed by atoms with Gasteiger partial charge < -0.3 is 19.7 Å². The lowest BCUT2D eigenvalue weighted by molar-refractivity contribution is 0.0322. The minimum absolute atomic E-state index is 0.606. The highest BCUT2D eigenvalue weighted by Crippen LogP contribution is 2.27. The lowest BCUT2D eigenvalue weighted by Gasteiger charge is -2.31. The Hall–Kier alpha value is -2.82. The number of nitrogens with zero attached hydrogens (tertiary/aromatic N) is 5. The van der Waals surface area contributed by atoms with E-state index < -0.39 is 0 Å². The van der Waals surface area contributed by atoms with Crippen LogP contribution in [0.4, 0.5) is 23.1 Å². The van der Waals surface area contributed by atoms with E-state index in [-0.39, 0.29) is 0 Å². The number of aromatic nitrogens is 2. The molecule has 2 aliphatic rings. The molecule has 168 valence electrons. The Bertz CT molecular complexity index is 847. The summed E-state index contributed by atoms with van der Waals surface area (Å²) in [7, 11) is 2.01. The Morgan fingerprint density at radius 3 is 2.90 bits per heavy atom. The Morgan fingerprint density at radius 2 is 2.06 bits per heavy atom. The first-order valence-corrected chi connectivity index (χ1v) is 10.8. The summed E-state index contributed by atoms with van der Waals surface area (Å²) in [5, 5.41) is 4.95. The van der Waals surface area contributed by atoms with Gasteiger partial charge in [0, 0.05) is 45.8 Å². The van der Waals surface area contributed by atoms with E-state index in [1.165, 1.54) is 0 Å². The van der Waals surface area contributed by atoms with E-state index in [0.29, 0.717) is 24.8 Å². The van der Waals surface area contributed by atoms with Crippen molar-refractivity contribution in [1.82, 2.24) is 14.9 Å². The third kappa shape index (κ3) is 5.66. The molecule has 0 aliphatic carbocycles. The molecule has 1 saturated heterocycles. The van der Waals surface area contributed by atoms with Crippen molar-refractivity contribution in [2.75, 3.05) is 86.9 Å². The molecule has 0 saturated carbocycles. The highest BCUT2D eigenvalue weighted by atomic mass is 16.8. The number of nitrogens with one attached hydrogen (secondary N) is 2. The van der Waals surface area contributed by atoms with Gasteiger partial charge in [-0.05, 0) is 19.1 Å². The largest absolute Gasteiger partial charge is 0.492 e. The maximum absolute atomic E-state index is 5.99. The zero-order valence-corrected chi connectivity index (χ0v) is 18.2. The summed E-state index contributed by atoms with van der Waals surface area (Å²) in [6.07, 6.45) is 1.73. The molecule has 4 rings (SSSR count). The fourth-order valence-corrected chi connectivity index (χ4v) is 3.50. The summed E-state index contributed by atoms with van der Waals surface area (Å²) in [6, 6.07) is 7.95. The first-order chi connectivity index (χ1) is 15.2. The first kappa shape index (κ1) is 21.4. The lowest BCUT2D eigenvalue weighted by atomic mass is 10.3. The topological polar surface area (TPSA) is 87.3 Å². The molecular formula is C21H31N7O3. The van der Waals surface area contributed by atoms with Crippen molar-refractivity contribution in [3.05, 3.63) is 30.5 Å². The van der Waals surface area contributed by atoms with E-state index in [2.05, 4.69) is 30.6 Å². The molecule has 3 heterocycles. The Balaban J connectivity index is 1.37. The van der Waals surface area contributed by atoms with Gasteiger partial charge in [-0.15, -0.1) is 0 Å². The summed E-state index contributed by atoms with van der Waals surface area (Å²) in [5.41, 5.74) is 4.62. The average Bonchev–Trinajstić information content (AvgIpc) is 2.79. The maximum atomic E-state index is 5.99. The van der Waals surface area contributed by atoms with Crippen LogP contribution in [-0.4, -0.2) is 81.0 Å². The molecule has 0 atom stereocenters. The van der Waals surface area contributed by atoms with Crippen LogP contribution < -0.4 is 25.5 Å². The number of rotatable bonds is 7. The standard InChI is InChI=1S/C21H31N7O3/c1-3-22-21-23-16-19-20(24-21)26(2)7-8-28(31-25-19)17-5-4-6-18(15-17)30-14-11-27-9-12-29-13-10-27/h4-6,15-16,25H,3,7-14H2,1-2H3,(H,22,23,24). The van der Waals surface area contributed by atoms with Gasteiger partial charge in [-0.2, -0.15) is 9.92 Å². The number of hydrogen-bond acceptors (Lipinski definition) is 10. The molecule has 0 unspecified atom stereocenters. The van der Waals surface area contributed by atoms with E-state index in [1.807, 2.05) is 43.3 Å². The summed E-state index contributed by atoms with van der Waals surface area (Å²) in [6.45, 7) is 9.24. The van der Waals surface area contributed by atoms with Gasteiger partial charge in [-0.1, -0.05) is 6.07 Å². The average molecular weight is 430 g/mol. The molecule has 10 nitrogen and oxygen atoms in total. The SMILES string of the molecule is CCNc1ncc2c(n1)N(C)CCN(c1cccc(OCCN3CCOCC3)c1)ON2. The van der Waals surface area contributed by atoms with Crippen molar-refractivity contribution in [3.63, 3.8) is 0 Å². The Kier molecular flexibility index (Phi) is 7.23. The normalized spacial score (nSPS) is 17.4. The third-order valence-electron chi connectivity index (χ3n) is 5.25. The van der Waals surface area contributed by atoms with Crippen LogP contribution in [-0.2, 0) is 9.68 Å². The Labute approximate surface area is 183 Å². The fraction of sp³-hybridized carbons (Fsp3) is 0.524. The van der Waals surface area contributed by atoms with Crippen molar-refractivity contribution in [1.29, 1.82) is 0 Å². The van der Waals surface area contributed by atoms with E-state index in [0.717, 1.165) is 63.2 Å².